The van der Waals surface area contributed by atoms with Crippen LogP contribution < -0.4 is 20.9 Å². The number of nitrogens with one attached hydrogen (secondary N) is 3. The first kappa shape index (κ1) is 14.2. The molecule has 20 heavy (non-hydrogen) atoms. The molecular formula is C14H20N4O2. The largest absolute Gasteiger partial charge is 0.336 e. The number of amides is 4. The van der Waals surface area contributed by atoms with Gasteiger partial charge in [-0.25, -0.2) is 9.59 Å². The summed E-state index contributed by atoms with van der Waals surface area (Å²) in [6.07, 6.45) is 0.876. The van der Waals surface area contributed by atoms with Gasteiger partial charge in [0.15, 0.2) is 0 Å². The third-order valence-electron chi connectivity index (χ3n) is 3.26. The first-order valence-electron chi connectivity index (χ1n) is 6.83. The van der Waals surface area contributed by atoms with E-state index in [-0.39, 0.29) is 18.1 Å². The van der Waals surface area contributed by atoms with Gasteiger partial charge in [-0.1, -0.05) is 13.0 Å². The summed E-state index contributed by atoms with van der Waals surface area (Å²) in [5.41, 5.74) is 1.45. The molecular weight excluding hydrogens is 256 g/mol. The number of carbonyl (C=O) groups is 2. The van der Waals surface area contributed by atoms with Gasteiger partial charge in [0.25, 0.3) is 0 Å². The molecule has 6 heteroatoms. The normalized spacial score (nSPS) is 15.7. The van der Waals surface area contributed by atoms with Gasteiger partial charge in [-0.15, -0.1) is 0 Å². The van der Waals surface area contributed by atoms with Crippen LogP contribution in [0.15, 0.2) is 24.3 Å². The summed E-state index contributed by atoms with van der Waals surface area (Å²) in [7, 11) is 0. The molecule has 1 unspecified atom stereocenters. The highest BCUT2D eigenvalue weighted by Gasteiger charge is 2.21. The van der Waals surface area contributed by atoms with E-state index in [0.29, 0.717) is 18.8 Å². The summed E-state index contributed by atoms with van der Waals surface area (Å²) in [6, 6.07) is 7.05. The highest BCUT2D eigenvalue weighted by molar-refractivity contribution is 5.95. The maximum atomic E-state index is 11.8. The van der Waals surface area contributed by atoms with Gasteiger partial charge in [-0.05, 0) is 31.5 Å². The lowest BCUT2D eigenvalue weighted by Crippen LogP contribution is -2.35. The van der Waals surface area contributed by atoms with E-state index >= 15 is 0 Å². The average molecular weight is 276 g/mol. The fraction of sp³-hybridized carbons (Fsp3) is 0.429. The number of anilines is 2. The number of rotatable bonds is 4. The second-order valence-corrected chi connectivity index (χ2v) is 4.84. The summed E-state index contributed by atoms with van der Waals surface area (Å²) in [5.74, 6) is 0. The van der Waals surface area contributed by atoms with Crippen molar-refractivity contribution in [2.75, 3.05) is 23.3 Å². The minimum absolute atomic E-state index is 0.105. The van der Waals surface area contributed by atoms with Crippen molar-refractivity contribution >= 4 is 23.4 Å². The SMILES string of the molecule is CCC(C)NC(=O)Nc1cccc(N2CCNC2=O)c1. The van der Waals surface area contributed by atoms with Gasteiger partial charge in [0, 0.05) is 30.5 Å². The van der Waals surface area contributed by atoms with E-state index in [1.807, 2.05) is 26.0 Å². The Kier molecular flexibility index (Phi) is 4.45. The number of nitrogens with zero attached hydrogens (tertiary/aromatic N) is 1. The monoisotopic (exact) mass is 276 g/mol. The van der Waals surface area contributed by atoms with Crippen LogP contribution in [0.2, 0.25) is 0 Å². The van der Waals surface area contributed by atoms with Crippen LogP contribution in [0.3, 0.4) is 0 Å². The Morgan fingerprint density at radius 2 is 2.30 bits per heavy atom. The molecule has 0 aliphatic carbocycles. The molecule has 0 radical (unpaired) electrons. The van der Waals surface area contributed by atoms with Crippen LogP contribution in [0.4, 0.5) is 21.0 Å². The lowest BCUT2D eigenvalue weighted by atomic mass is 10.2. The Balaban J connectivity index is 2.02. The summed E-state index contributed by atoms with van der Waals surface area (Å²) in [5, 5.41) is 8.36. The van der Waals surface area contributed by atoms with E-state index < -0.39 is 0 Å². The van der Waals surface area contributed by atoms with E-state index in [2.05, 4.69) is 16.0 Å². The Labute approximate surface area is 118 Å². The quantitative estimate of drug-likeness (QED) is 0.788. The molecule has 1 aliphatic heterocycles. The highest BCUT2D eigenvalue weighted by atomic mass is 16.2. The fourth-order valence-electron chi connectivity index (χ4n) is 1.96. The first-order chi connectivity index (χ1) is 9.60. The molecule has 1 aromatic carbocycles. The Morgan fingerprint density at radius 1 is 1.50 bits per heavy atom. The van der Waals surface area contributed by atoms with Crippen LogP contribution in [0.1, 0.15) is 20.3 Å². The van der Waals surface area contributed by atoms with E-state index in [1.165, 1.54) is 0 Å². The molecule has 2 rings (SSSR count). The second-order valence-electron chi connectivity index (χ2n) is 4.84. The van der Waals surface area contributed by atoms with E-state index in [0.717, 1.165) is 12.1 Å². The van der Waals surface area contributed by atoms with Crippen molar-refractivity contribution in [3.63, 3.8) is 0 Å². The fourth-order valence-corrected chi connectivity index (χ4v) is 1.96. The Hall–Kier alpha value is -2.24. The molecule has 6 nitrogen and oxygen atoms in total. The van der Waals surface area contributed by atoms with E-state index in [9.17, 15) is 9.59 Å². The van der Waals surface area contributed by atoms with Crippen molar-refractivity contribution in [2.24, 2.45) is 0 Å². The second kappa shape index (κ2) is 6.27. The van der Waals surface area contributed by atoms with Gasteiger partial charge in [-0.3, -0.25) is 4.90 Å². The topological polar surface area (TPSA) is 73.5 Å². The lowest BCUT2D eigenvalue weighted by molar-refractivity contribution is 0.249. The average Bonchev–Trinajstić information content (AvgIpc) is 2.85. The number of carbonyl (C=O) groups excluding carboxylic acids is 2. The third-order valence-corrected chi connectivity index (χ3v) is 3.26. The van der Waals surface area contributed by atoms with Gasteiger partial charge in [-0.2, -0.15) is 0 Å². The molecule has 1 aliphatic rings. The minimum atomic E-state index is -0.234. The Morgan fingerprint density at radius 3 is 2.95 bits per heavy atom. The van der Waals surface area contributed by atoms with Crippen LogP contribution in [0, 0.1) is 0 Å². The number of hydrogen-bond donors (Lipinski definition) is 3. The molecule has 0 spiro atoms. The van der Waals surface area contributed by atoms with Crippen molar-refractivity contribution in [2.45, 2.75) is 26.3 Å². The maximum absolute atomic E-state index is 11.8. The summed E-state index contributed by atoms with van der Waals surface area (Å²) in [6.45, 7) is 5.24. The number of benzene rings is 1. The maximum Gasteiger partial charge on any atom is 0.321 e. The van der Waals surface area contributed by atoms with Crippen molar-refractivity contribution in [3.05, 3.63) is 24.3 Å². The molecule has 1 saturated heterocycles. The molecule has 1 fully saturated rings. The zero-order chi connectivity index (χ0) is 14.5. The van der Waals surface area contributed by atoms with Crippen molar-refractivity contribution in [3.8, 4) is 0 Å². The highest BCUT2D eigenvalue weighted by Crippen LogP contribution is 2.20. The molecule has 4 amide bonds. The molecule has 1 heterocycles. The molecule has 3 N–H and O–H groups in total. The number of hydrogen-bond acceptors (Lipinski definition) is 2. The smallest absolute Gasteiger partial charge is 0.321 e. The van der Waals surface area contributed by atoms with Crippen LogP contribution in [0.25, 0.3) is 0 Å². The van der Waals surface area contributed by atoms with Crippen LogP contribution in [-0.4, -0.2) is 31.2 Å². The molecule has 108 valence electrons. The molecule has 1 atom stereocenters. The van der Waals surface area contributed by atoms with Crippen molar-refractivity contribution in [1.29, 1.82) is 0 Å². The molecule has 0 aromatic heterocycles. The van der Waals surface area contributed by atoms with Crippen LogP contribution in [-0.2, 0) is 0 Å². The molecule has 0 saturated carbocycles. The minimum Gasteiger partial charge on any atom is -0.336 e. The summed E-state index contributed by atoms with van der Waals surface area (Å²) < 4.78 is 0. The zero-order valence-electron chi connectivity index (χ0n) is 11.8. The van der Waals surface area contributed by atoms with E-state index in [1.54, 1.807) is 17.0 Å². The summed E-state index contributed by atoms with van der Waals surface area (Å²) >= 11 is 0. The molecule has 1 aromatic rings. The number of urea groups is 2. The van der Waals surface area contributed by atoms with Gasteiger partial charge in [0.2, 0.25) is 0 Å². The van der Waals surface area contributed by atoms with Crippen LogP contribution in [0.5, 0.6) is 0 Å². The predicted molar refractivity (Wildman–Crippen MR) is 79.1 cm³/mol. The van der Waals surface area contributed by atoms with Crippen LogP contribution >= 0.6 is 0 Å². The lowest BCUT2D eigenvalue weighted by Gasteiger charge is -2.16. The molecule has 0 bridgehead atoms. The first-order valence-corrected chi connectivity index (χ1v) is 6.83. The van der Waals surface area contributed by atoms with Gasteiger partial charge < -0.3 is 16.0 Å². The Bertz CT molecular complexity index is 504. The van der Waals surface area contributed by atoms with Gasteiger partial charge in [0.1, 0.15) is 0 Å². The predicted octanol–water partition coefficient (Wildman–Crippen LogP) is 2.14. The van der Waals surface area contributed by atoms with E-state index in [4.69, 9.17) is 0 Å². The van der Waals surface area contributed by atoms with Gasteiger partial charge >= 0.3 is 12.1 Å². The van der Waals surface area contributed by atoms with Crippen molar-refractivity contribution < 1.29 is 9.59 Å². The third kappa shape index (κ3) is 3.40. The standard InChI is InChI=1S/C14H20N4O2/c1-3-10(2)16-13(19)17-11-5-4-6-12(9-11)18-8-7-15-14(18)20/h4-6,9-10H,3,7-8H2,1-2H3,(H,15,20)(H2,16,17,19). The zero-order valence-corrected chi connectivity index (χ0v) is 11.8. The van der Waals surface area contributed by atoms with Crippen molar-refractivity contribution in [1.82, 2.24) is 10.6 Å². The van der Waals surface area contributed by atoms with Gasteiger partial charge in [0.05, 0.1) is 0 Å². The summed E-state index contributed by atoms with van der Waals surface area (Å²) in [4.78, 5) is 25.0.